The number of nitrogens with two attached hydrogens (primary N) is 1. The van der Waals surface area contributed by atoms with Gasteiger partial charge in [0.05, 0.1) is 0 Å². The van der Waals surface area contributed by atoms with Crippen molar-refractivity contribution in [3.63, 3.8) is 0 Å². The summed E-state index contributed by atoms with van der Waals surface area (Å²) in [5, 5.41) is 0.680. The van der Waals surface area contributed by atoms with Crippen LogP contribution in [0.25, 0.3) is 0 Å². The quantitative estimate of drug-likeness (QED) is 0.909. The minimum atomic E-state index is 0. The van der Waals surface area contributed by atoms with E-state index in [1.165, 1.54) is 30.9 Å². The van der Waals surface area contributed by atoms with E-state index >= 15 is 0 Å². The van der Waals surface area contributed by atoms with Crippen molar-refractivity contribution in [1.29, 1.82) is 0 Å². The van der Waals surface area contributed by atoms with Gasteiger partial charge in [0.1, 0.15) is 0 Å². The molecule has 1 aliphatic rings. The summed E-state index contributed by atoms with van der Waals surface area (Å²) in [4.78, 5) is 10.4. The monoisotopic (exact) mass is 276 g/mol. The molecular formula is C11H21ClN4S. The van der Waals surface area contributed by atoms with Gasteiger partial charge in [-0.1, -0.05) is 6.92 Å². The Morgan fingerprint density at radius 2 is 1.94 bits per heavy atom. The van der Waals surface area contributed by atoms with Crippen LogP contribution in [-0.4, -0.2) is 47.5 Å². The first-order valence-electron chi connectivity index (χ1n) is 5.93. The van der Waals surface area contributed by atoms with Crippen molar-refractivity contribution < 1.29 is 0 Å². The first kappa shape index (κ1) is 14.7. The van der Waals surface area contributed by atoms with Crippen molar-refractivity contribution in [3.05, 3.63) is 11.1 Å². The molecule has 1 aromatic rings. The number of halogens is 1. The molecule has 0 aromatic carbocycles. The number of nitrogens with zero attached hydrogens (tertiary/aromatic N) is 3. The smallest absolute Gasteiger partial charge is 0.180 e. The van der Waals surface area contributed by atoms with E-state index in [1.54, 1.807) is 11.3 Å². The molecule has 6 heteroatoms. The fourth-order valence-electron chi connectivity index (χ4n) is 2.10. The zero-order chi connectivity index (χ0) is 11.4. The Kier molecular flexibility index (Phi) is 6.19. The minimum Gasteiger partial charge on any atom is -0.375 e. The van der Waals surface area contributed by atoms with Gasteiger partial charge in [-0.3, -0.25) is 4.90 Å². The van der Waals surface area contributed by atoms with Gasteiger partial charge in [0.2, 0.25) is 0 Å². The standard InChI is InChI=1S/C11H20N4S.ClH/c1-2-3-14-4-6-15(7-5-14)9-10-8-13-11(12)16-10;/h8H,2-7,9H2,1H3,(H2,12,13);1H. The Labute approximate surface area is 113 Å². The highest BCUT2D eigenvalue weighted by atomic mass is 35.5. The van der Waals surface area contributed by atoms with Crippen molar-refractivity contribution >= 4 is 28.9 Å². The summed E-state index contributed by atoms with van der Waals surface area (Å²) in [6.45, 7) is 9.21. The average molecular weight is 277 g/mol. The van der Waals surface area contributed by atoms with E-state index in [2.05, 4.69) is 21.7 Å². The minimum absolute atomic E-state index is 0. The largest absolute Gasteiger partial charge is 0.375 e. The van der Waals surface area contributed by atoms with Crippen LogP contribution < -0.4 is 5.73 Å². The number of piperazine rings is 1. The molecule has 1 fully saturated rings. The molecule has 98 valence electrons. The highest BCUT2D eigenvalue weighted by Gasteiger charge is 2.16. The highest BCUT2D eigenvalue weighted by molar-refractivity contribution is 7.15. The van der Waals surface area contributed by atoms with Crippen LogP contribution >= 0.6 is 23.7 Å². The molecule has 0 spiro atoms. The summed E-state index contributed by atoms with van der Waals surface area (Å²) in [7, 11) is 0. The van der Waals surface area contributed by atoms with E-state index in [0.717, 1.165) is 19.6 Å². The topological polar surface area (TPSA) is 45.4 Å². The number of hydrogen-bond donors (Lipinski definition) is 1. The maximum absolute atomic E-state index is 5.63. The molecular weight excluding hydrogens is 256 g/mol. The fourth-order valence-corrected chi connectivity index (χ4v) is 2.83. The lowest BCUT2D eigenvalue weighted by Gasteiger charge is -2.34. The number of rotatable bonds is 4. The first-order valence-corrected chi connectivity index (χ1v) is 6.74. The van der Waals surface area contributed by atoms with Crippen molar-refractivity contribution in [3.8, 4) is 0 Å². The van der Waals surface area contributed by atoms with Gasteiger partial charge in [0.15, 0.2) is 5.13 Å². The van der Waals surface area contributed by atoms with Crippen molar-refractivity contribution in [1.82, 2.24) is 14.8 Å². The molecule has 0 aliphatic carbocycles. The molecule has 4 nitrogen and oxygen atoms in total. The third-order valence-electron chi connectivity index (χ3n) is 2.96. The molecule has 0 radical (unpaired) electrons. The van der Waals surface area contributed by atoms with Crippen molar-refractivity contribution in [2.24, 2.45) is 0 Å². The number of thiazole rings is 1. The Morgan fingerprint density at radius 1 is 1.29 bits per heavy atom. The SMILES string of the molecule is CCCN1CCN(Cc2cnc(N)s2)CC1.Cl. The first-order chi connectivity index (χ1) is 7.78. The predicted octanol–water partition coefficient (Wildman–Crippen LogP) is 1.67. The molecule has 1 aliphatic heterocycles. The zero-order valence-electron chi connectivity index (χ0n) is 10.3. The van der Waals surface area contributed by atoms with Gasteiger partial charge in [-0.15, -0.1) is 23.7 Å². The number of aromatic nitrogens is 1. The summed E-state index contributed by atoms with van der Waals surface area (Å²) in [5.74, 6) is 0. The van der Waals surface area contributed by atoms with Crippen molar-refractivity contribution in [2.75, 3.05) is 38.5 Å². The van der Waals surface area contributed by atoms with Gasteiger partial charge in [-0.25, -0.2) is 4.98 Å². The van der Waals surface area contributed by atoms with E-state index in [0.29, 0.717) is 5.13 Å². The number of anilines is 1. The van der Waals surface area contributed by atoms with Gasteiger partial charge < -0.3 is 10.6 Å². The van der Waals surface area contributed by atoms with Gasteiger partial charge >= 0.3 is 0 Å². The molecule has 1 saturated heterocycles. The summed E-state index contributed by atoms with van der Waals surface area (Å²) in [6.07, 6.45) is 3.16. The molecule has 0 amide bonds. The molecule has 2 heterocycles. The lowest BCUT2D eigenvalue weighted by molar-refractivity contribution is 0.128. The third kappa shape index (κ3) is 4.43. The van der Waals surface area contributed by atoms with E-state index in [9.17, 15) is 0 Å². The second kappa shape index (κ2) is 7.16. The van der Waals surface area contributed by atoms with Crippen LogP contribution in [0.2, 0.25) is 0 Å². The van der Waals surface area contributed by atoms with Crippen LogP contribution in [-0.2, 0) is 6.54 Å². The van der Waals surface area contributed by atoms with Crippen LogP contribution in [0.4, 0.5) is 5.13 Å². The summed E-state index contributed by atoms with van der Waals surface area (Å²) in [5.41, 5.74) is 5.63. The second-order valence-corrected chi connectivity index (χ2v) is 5.43. The molecule has 0 bridgehead atoms. The summed E-state index contributed by atoms with van der Waals surface area (Å²) >= 11 is 1.60. The number of hydrogen-bond acceptors (Lipinski definition) is 5. The Hall–Kier alpha value is -0.360. The second-order valence-electron chi connectivity index (χ2n) is 4.28. The van der Waals surface area contributed by atoms with E-state index < -0.39 is 0 Å². The Morgan fingerprint density at radius 3 is 2.47 bits per heavy atom. The van der Waals surface area contributed by atoms with Crippen LogP contribution in [0.15, 0.2) is 6.20 Å². The van der Waals surface area contributed by atoms with E-state index in [4.69, 9.17) is 5.73 Å². The van der Waals surface area contributed by atoms with E-state index in [1.807, 2.05) is 6.20 Å². The number of nitrogen functional groups attached to an aromatic ring is 1. The molecule has 1 aromatic heterocycles. The average Bonchev–Trinajstić information content (AvgIpc) is 2.67. The summed E-state index contributed by atoms with van der Waals surface area (Å²) in [6, 6.07) is 0. The molecule has 17 heavy (non-hydrogen) atoms. The summed E-state index contributed by atoms with van der Waals surface area (Å²) < 4.78 is 0. The Balaban J connectivity index is 0.00000144. The van der Waals surface area contributed by atoms with Gasteiger partial charge in [-0.05, 0) is 13.0 Å². The fraction of sp³-hybridized carbons (Fsp3) is 0.727. The van der Waals surface area contributed by atoms with Crippen LogP contribution in [0, 0.1) is 0 Å². The van der Waals surface area contributed by atoms with Crippen LogP contribution in [0.1, 0.15) is 18.2 Å². The molecule has 2 rings (SSSR count). The third-order valence-corrected chi connectivity index (χ3v) is 3.77. The van der Waals surface area contributed by atoms with Gasteiger partial charge in [0, 0.05) is 43.8 Å². The van der Waals surface area contributed by atoms with Gasteiger partial charge in [-0.2, -0.15) is 0 Å². The van der Waals surface area contributed by atoms with Crippen LogP contribution in [0.5, 0.6) is 0 Å². The molecule has 0 unspecified atom stereocenters. The lowest BCUT2D eigenvalue weighted by atomic mass is 10.3. The predicted molar refractivity (Wildman–Crippen MR) is 75.8 cm³/mol. The Bertz CT molecular complexity index is 323. The van der Waals surface area contributed by atoms with Gasteiger partial charge in [0.25, 0.3) is 0 Å². The van der Waals surface area contributed by atoms with Crippen LogP contribution in [0.3, 0.4) is 0 Å². The van der Waals surface area contributed by atoms with E-state index in [-0.39, 0.29) is 12.4 Å². The zero-order valence-corrected chi connectivity index (χ0v) is 11.9. The molecule has 0 saturated carbocycles. The maximum Gasteiger partial charge on any atom is 0.180 e. The normalized spacial score (nSPS) is 17.9. The molecule has 0 atom stereocenters. The lowest BCUT2D eigenvalue weighted by Crippen LogP contribution is -2.45. The van der Waals surface area contributed by atoms with Crippen molar-refractivity contribution in [2.45, 2.75) is 19.9 Å². The highest BCUT2D eigenvalue weighted by Crippen LogP contribution is 2.17. The molecule has 2 N–H and O–H groups in total. The maximum atomic E-state index is 5.63.